The van der Waals surface area contributed by atoms with E-state index in [1.165, 1.54) is 0 Å². The zero-order valence-corrected chi connectivity index (χ0v) is 15.4. The van der Waals surface area contributed by atoms with E-state index in [2.05, 4.69) is 10.1 Å². The molecule has 0 radical (unpaired) electrons. The molecule has 2 aliphatic rings. The summed E-state index contributed by atoms with van der Waals surface area (Å²) in [6.45, 7) is 1.14. The second-order valence-electron chi connectivity index (χ2n) is 7.34. The number of oxazole rings is 1. The Hall–Kier alpha value is -2.89. The maximum absolute atomic E-state index is 13.2. The highest BCUT2D eigenvalue weighted by atomic mass is 16.4. The smallest absolute Gasteiger partial charge is 0.272 e. The van der Waals surface area contributed by atoms with Gasteiger partial charge in [-0.25, -0.2) is 4.98 Å². The van der Waals surface area contributed by atoms with Gasteiger partial charge in [-0.2, -0.15) is 5.10 Å². The van der Waals surface area contributed by atoms with Gasteiger partial charge in [0.15, 0.2) is 0 Å². The molecule has 138 valence electrons. The van der Waals surface area contributed by atoms with Gasteiger partial charge in [0, 0.05) is 31.1 Å². The van der Waals surface area contributed by atoms with E-state index in [1.807, 2.05) is 42.3 Å². The van der Waals surface area contributed by atoms with Crippen molar-refractivity contribution in [1.29, 1.82) is 0 Å². The fraction of sp³-hybridized carbons (Fsp3) is 0.381. The number of nitrogens with zero attached hydrogens (tertiary/aromatic N) is 4. The first-order valence-corrected chi connectivity index (χ1v) is 9.58. The maximum atomic E-state index is 13.2. The van der Waals surface area contributed by atoms with Gasteiger partial charge in [0.1, 0.15) is 17.1 Å². The summed E-state index contributed by atoms with van der Waals surface area (Å²) in [5.41, 5.74) is 4.82. The Morgan fingerprint density at radius 2 is 1.89 bits per heavy atom. The molecule has 2 aromatic heterocycles. The van der Waals surface area contributed by atoms with Gasteiger partial charge in [0.25, 0.3) is 5.91 Å². The predicted octanol–water partition coefficient (Wildman–Crippen LogP) is 3.15. The van der Waals surface area contributed by atoms with E-state index in [9.17, 15) is 4.79 Å². The van der Waals surface area contributed by atoms with Crippen molar-refractivity contribution in [2.24, 2.45) is 7.05 Å². The number of hydrogen-bond acceptors (Lipinski definition) is 4. The van der Waals surface area contributed by atoms with Crippen molar-refractivity contribution in [3.8, 4) is 11.5 Å². The lowest BCUT2D eigenvalue weighted by Gasteiger charge is -2.26. The number of fused-ring (bicyclic) bond motifs is 2. The van der Waals surface area contributed by atoms with Crippen LogP contribution < -0.4 is 0 Å². The van der Waals surface area contributed by atoms with Crippen molar-refractivity contribution >= 4 is 5.91 Å². The summed E-state index contributed by atoms with van der Waals surface area (Å²) in [6, 6.07) is 9.89. The van der Waals surface area contributed by atoms with Gasteiger partial charge in [-0.05, 0) is 37.8 Å². The number of carbonyl (C=O) groups excluding carboxylic acids is 1. The molecule has 0 bridgehead atoms. The van der Waals surface area contributed by atoms with Gasteiger partial charge >= 0.3 is 0 Å². The molecule has 3 aromatic rings. The van der Waals surface area contributed by atoms with Crippen LogP contribution in [0.2, 0.25) is 0 Å². The quantitative estimate of drug-likeness (QED) is 0.702. The molecule has 1 amide bonds. The number of hydrogen-bond donors (Lipinski definition) is 0. The van der Waals surface area contributed by atoms with E-state index in [0.717, 1.165) is 59.7 Å². The molecular formula is C21H22N4O2. The average molecular weight is 362 g/mol. The van der Waals surface area contributed by atoms with Crippen molar-refractivity contribution in [3.05, 3.63) is 58.7 Å². The van der Waals surface area contributed by atoms with Crippen molar-refractivity contribution in [1.82, 2.24) is 19.7 Å². The predicted molar refractivity (Wildman–Crippen MR) is 100 cm³/mol. The molecule has 0 atom stereocenters. The largest absolute Gasteiger partial charge is 0.441 e. The Morgan fingerprint density at radius 3 is 2.74 bits per heavy atom. The summed E-state index contributed by atoms with van der Waals surface area (Å²) in [5.74, 6) is 1.58. The molecule has 0 fully saturated rings. The van der Waals surface area contributed by atoms with E-state index in [-0.39, 0.29) is 5.91 Å². The molecule has 0 saturated heterocycles. The van der Waals surface area contributed by atoms with Gasteiger partial charge in [0.05, 0.1) is 12.2 Å². The van der Waals surface area contributed by atoms with Crippen LogP contribution in [-0.4, -0.2) is 32.1 Å². The summed E-state index contributed by atoms with van der Waals surface area (Å²) in [4.78, 5) is 19.8. The summed E-state index contributed by atoms with van der Waals surface area (Å²) >= 11 is 0. The Balaban J connectivity index is 1.42. The molecule has 6 heteroatoms. The first-order valence-electron chi connectivity index (χ1n) is 9.58. The number of carbonyl (C=O) groups is 1. The monoisotopic (exact) mass is 362 g/mol. The molecule has 1 aliphatic carbocycles. The highest BCUT2D eigenvalue weighted by Crippen LogP contribution is 2.29. The highest BCUT2D eigenvalue weighted by Gasteiger charge is 2.31. The molecular weight excluding hydrogens is 340 g/mol. The van der Waals surface area contributed by atoms with Crippen LogP contribution in [0.1, 0.15) is 46.0 Å². The van der Waals surface area contributed by atoms with E-state index < -0.39 is 0 Å². The average Bonchev–Trinajstić information content (AvgIpc) is 3.27. The third-order valence-electron chi connectivity index (χ3n) is 5.56. The number of aryl methyl sites for hydroxylation is 2. The SMILES string of the molecule is Cn1nc2c(c1C(=O)N1CCc3oc(-c4ccccc4)nc3C1)CCCC2. The zero-order chi connectivity index (χ0) is 18.4. The van der Waals surface area contributed by atoms with Gasteiger partial charge in [-0.3, -0.25) is 9.48 Å². The van der Waals surface area contributed by atoms with Crippen LogP contribution in [0.4, 0.5) is 0 Å². The van der Waals surface area contributed by atoms with Gasteiger partial charge in [0.2, 0.25) is 5.89 Å². The van der Waals surface area contributed by atoms with Gasteiger partial charge < -0.3 is 9.32 Å². The summed E-state index contributed by atoms with van der Waals surface area (Å²) < 4.78 is 7.73. The zero-order valence-electron chi connectivity index (χ0n) is 15.4. The molecule has 27 heavy (non-hydrogen) atoms. The Morgan fingerprint density at radius 1 is 1.07 bits per heavy atom. The van der Waals surface area contributed by atoms with Crippen molar-refractivity contribution in [2.75, 3.05) is 6.54 Å². The van der Waals surface area contributed by atoms with Crippen LogP contribution in [0, 0.1) is 0 Å². The molecule has 5 rings (SSSR count). The number of benzene rings is 1. The molecule has 6 nitrogen and oxygen atoms in total. The van der Waals surface area contributed by atoms with E-state index >= 15 is 0 Å². The lowest BCUT2D eigenvalue weighted by Crippen LogP contribution is -2.37. The minimum Gasteiger partial charge on any atom is -0.441 e. The molecule has 1 aromatic carbocycles. The molecule has 0 unspecified atom stereocenters. The number of aromatic nitrogens is 3. The van der Waals surface area contributed by atoms with Crippen molar-refractivity contribution in [2.45, 2.75) is 38.6 Å². The molecule has 1 aliphatic heterocycles. The topological polar surface area (TPSA) is 64.2 Å². The van der Waals surface area contributed by atoms with Crippen LogP contribution in [0.25, 0.3) is 11.5 Å². The van der Waals surface area contributed by atoms with Gasteiger partial charge in [-0.15, -0.1) is 0 Å². The summed E-state index contributed by atoms with van der Waals surface area (Å²) in [7, 11) is 1.88. The molecule has 0 saturated carbocycles. The first-order chi connectivity index (χ1) is 13.2. The Bertz CT molecular complexity index is 1000. The third kappa shape index (κ3) is 2.76. The second-order valence-corrected chi connectivity index (χ2v) is 7.34. The maximum Gasteiger partial charge on any atom is 0.272 e. The fourth-order valence-corrected chi connectivity index (χ4v) is 4.17. The fourth-order valence-electron chi connectivity index (χ4n) is 4.17. The van der Waals surface area contributed by atoms with E-state index in [0.29, 0.717) is 25.4 Å². The lowest BCUT2D eigenvalue weighted by molar-refractivity contribution is 0.0715. The van der Waals surface area contributed by atoms with Crippen LogP contribution in [0.5, 0.6) is 0 Å². The van der Waals surface area contributed by atoms with Crippen molar-refractivity contribution in [3.63, 3.8) is 0 Å². The van der Waals surface area contributed by atoms with Crippen LogP contribution in [0.3, 0.4) is 0 Å². The van der Waals surface area contributed by atoms with Crippen molar-refractivity contribution < 1.29 is 9.21 Å². The first kappa shape index (κ1) is 16.3. The highest BCUT2D eigenvalue weighted by molar-refractivity contribution is 5.94. The van der Waals surface area contributed by atoms with Gasteiger partial charge in [-0.1, -0.05) is 18.2 Å². The minimum absolute atomic E-state index is 0.0584. The third-order valence-corrected chi connectivity index (χ3v) is 5.56. The molecule has 0 N–H and O–H groups in total. The normalized spacial score (nSPS) is 16.1. The lowest BCUT2D eigenvalue weighted by atomic mass is 9.95. The van der Waals surface area contributed by atoms with Crippen LogP contribution in [-0.2, 0) is 32.9 Å². The Labute approximate surface area is 157 Å². The minimum atomic E-state index is 0.0584. The van der Waals surface area contributed by atoms with Crippen LogP contribution in [0.15, 0.2) is 34.7 Å². The number of rotatable bonds is 2. The Kier molecular flexibility index (Phi) is 3.85. The summed E-state index contributed by atoms with van der Waals surface area (Å²) in [6.07, 6.45) is 4.91. The summed E-state index contributed by atoms with van der Waals surface area (Å²) in [5, 5.41) is 4.59. The second kappa shape index (κ2) is 6.37. The van der Waals surface area contributed by atoms with E-state index in [1.54, 1.807) is 4.68 Å². The number of amides is 1. The standard InChI is InChI=1S/C21H22N4O2/c1-24-19(15-9-5-6-10-16(15)23-24)21(26)25-12-11-18-17(13-25)22-20(27-18)14-7-3-2-4-8-14/h2-4,7-8H,5-6,9-13H2,1H3. The molecule has 3 heterocycles. The molecule has 0 spiro atoms. The van der Waals surface area contributed by atoms with E-state index in [4.69, 9.17) is 4.42 Å². The van der Waals surface area contributed by atoms with Crippen LogP contribution >= 0.6 is 0 Å².